The number of hydrogen-bond donors (Lipinski definition) is 0. The summed E-state index contributed by atoms with van der Waals surface area (Å²) in [5.41, 5.74) is 0. The van der Waals surface area contributed by atoms with Crippen LogP contribution in [-0.2, 0) is 52.9 Å². The Morgan fingerprint density at radius 3 is 1.15 bits per heavy atom. The molecule has 0 aromatic carbocycles. The van der Waals surface area contributed by atoms with Crippen LogP contribution in [0.2, 0.25) is 0 Å². The zero-order chi connectivity index (χ0) is 32.4. The van der Waals surface area contributed by atoms with Gasteiger partial charge in [-0.2, -0.15) is 0 Å². The molecule has 0 heterocycles. The van der Waals surface area contributed by atoms with Crippen molar-refractivity contribution in [3.63, 3.8) is 0 Å². The van der Waals surface area contributed by atoms with Crippen LogP contribution < -0.4 is 0 Å². The number of hydrogen-bond acceptors (Lipinski definition) is 11. The molecule has 0 atom stereocenters. The van der Waals surface area contributed by atoms with Crippen molar-refractivity contribution in [3.05, 3.63) is 0 Å². The Labute approximate surface area is 244 Å². The van der Waals surface area contributed by atoms with Crippen molar-refractivity contribution in [3.8, 4) is 0 Å². The van der Waals surface area contributed by atoms with Gasteiger partial charge in [-0.1, -0.05) is 0 Å². The molecule has 0 amide bonds. The maximum atomic E-state index is 10.6. The largest absolute Gasteiger partial charge is 0.464 e. The van der Waals surface area contributed by atoms with Gasteiger partial charge in [-0.15, -0.1) is 0 Å². The second kappa shape index (κ2) is 28.0. The maximum absolute atomic E-state index is 10.6. The SMILES string of the molecule is CC(=O)COC(C)C.CC(C)OCCCS(C)(=O)=O.CC(C)OCCCS(C)(=O)=O.CCOC(=O)COC(C)C. The van der Waals surface area contributed by atoms with E-state index in [1.54, 1.807) is 6.92 Å². The van der Waals surface area contributed by atoms with Gasteiger partial charge in [-0.3, -0.25) is 4.79 Å². The van der Waals surface area contributed by atoms with Crippen LogP contribution in [0.4, 0.5) is 0 Å². The molecule has 0 aromatic heterocycles. The number of esters is 1. The molecule has 11 nitrogen and oxygen atoms in total. The van der Waals surface area contributed by atoms with Crippen LogP contribution in [0.3, 0.4) is 0 Å². The number of carbonyl (C=O) groups is 2. The lowest BCUT2D eigenvalue weighted by molar-refractivity contribution is -0.149. The summed E-state index contributed by atoms with van der Waals surface area (Å²) in [5.74, 6) is 0.231. The van der Waals surface area contributed by atoms with Gasteiger partial charge in [0, 0.05) is 25.7 Å². The molecule has 0 rings (SSSR count). The van der Waals surface area contributed by atoms with Gasteiger partial charge in [0.1, 0.15) is 32.9 Å². The Balaban J connectivity index is -0.000000218. The maximum Gasteiger partial charge on any atom is 0.332 e. The van der Waals surface area contributed by atoms with Gasteiger partial charge in [0.05, 0.1) is 42.5 Å². The van der Waals surface area contributed by atoms with Crippen LogP contribution in [0.5, 0.6) is 0 Å². The lowest BCUT2D eigenvalue weighted by Crippen LogP contribution is -2.15. The van der Waals surface area contributed by atoms with Crippen LogP contribution in [0.1, 0.15) is 82.1 Å². The van der Waals surface area contributed by atoms with E-state index in [9.17, 15) is 26.4 Å². The van der Waals surface area contributed by atoms with E-state index in [1.807, 2.05) is 55.4 Å². The van der Waals surface area contributed by atoms with Crippen molar-refractivity contribution < 1.29 is 50.1 Å². The monoisotopic (exact) mass is 622 g/mol. The molecule has 13 heteroatoms. The van der Waals surface area contributed by atoms with E-state index < -0.39 is 19.7 Å². The van der Waals surface area contributed by atoms with Gasteiger partial charge in [0.2, 0.25) is 0 Å². The molecule has 0 aliphatic rings. The van der Waals surface area contributed by atoms with Crippen LogP contribution in [0.15, 0.2) is 0 Å². The molecular weight excluding hydrogens is 564 g/mol. The second-order valence-corrected chi connectivity index (χ2v) is 14.6. The first-order chi connectivity index (χ1) is 18.1. The smallest absolute Gasteiger partial charge is 0.332 e. The highest BCUT2D eigenvalue weighted by molar-refractivity contribution is 7.90. The van der Waals surface area contributed by atoms with Gasteiger partial charge in [0.15, 0.2) is 5.78 Å². The highest BCUT2D eigenvalue weighted by Crippen LogP contribution is 1.94. The Morgan fingerprint density at radius 1 is 0.600 bits per heavy atom. The quantitative estimate of drug-likeness (QED) is 0.173. The molecule has 0 unspecified atom stereocenters. The third-order valence-corrected chi connectivity index (χ3v) is 5.74. The summed E-state index contributed by atoms with van der Waals surface area (Å²) in [6.45, 7) is 20.4. The van der Waals surface area contributed by atoms with Gasteiger partial charge in [-0.05, 0) is 82.1 Å². The van der Waals surface area contributed by atoms with Crippen molar-refractivity contribution >= 4 is 31.4 Å². The van der Waals surface area contributed by atoms with E-state index in [4.69, 9.17) is 18.9 Å². The summed E-state index contributed by atoms with van der Waals surface area (Å²) in [6.07, 6.45) is 4.30. The van der Waals surface area contributed by atoms with Gasteiger partial charge in [0.25, 0.3) is 0 Å². The van der Waals surface area contributed by atoms with E-state index >= 15 is 0 Å². The van der Waals surface area contributed by atoms with Crippen molar-refractivity contribution in [2.45, 2.75) is 106 Å². The molecule has 0 fully saturated rings. The minimum atomic E-state index is -2.80. The predicted octanol–water partition coefficient (Wildman–Crippen LogP) is 3.67. The number of sulfone groups is 2. The summed E-state index contributed by atoms with van der Waals surface area (Å²) in [6, 6.07) is 0. The van der Waals surface area contributed by atoms with Crippen LogP contribution in [0.25, 0.3) is 0 Å². The Kier molecular flexibility index (Phi) is 32.1. The number of ketones is 1. The van der Waals surface area contributed by atoms with Crippen LogP contribution >= 0.6 is 0 Å². The van der Waals surface area contributed by atoms with Gasteiger partial charge < -0.3 is 23.7 Å². The number of rotatable bonds is 17. The van der Waals surface area contributed by atoms with Gasteiger partial charge >= 0.3 is 5.97 Å². The molecule has 0 aromatic rings. The van der Waals surface area contributed by atoms with Crippen LogP contribution in [-0.4, -0.2) is 110 Å². The standard InChI is InChI=1S/2C7H16O3S.C7H14O3.C6H12O2/c2*1-7(2)10-5-4-6-11(3,8)9;1-4-9-7(8)5-10-6(2)3;1-5(2)8-4-6(3)7/h2*7H,4-6H2,1-3H3;6H,4-5H2,1-3H3;5H,4H2,1-3H3. The third kappa shape index (κ3) is 61.1. The van der Waals surface area contributed by atoms with Crippen molar-refractivity contribution in [1.29, 1.82) is 0 Å². The Morgan fingerprint density at radius 2 is 0.925 bits per heavy atom. The predicted molar refractivity (Wildman–Crippen MR) is 160 cm³/mol. The number of carbonyl (C=O) groups excluding carboxylic acids is 2. The first-order valence-electron chi connectivity index (χ1n) is 13.6. The summed E-state index contributed by atoms with van der Waals surface area (Å²) >= 11 is 0. The summed E-state index contributed by atoms with van der Waals surface area (Å²) in [7, 11) is -5.60. The third-order valence-electron chi connectivity index (χ3n) is 3.68. The number of ether oxygens (including phenoxy) is 5. The molecule has 0 bridgehead atoms. The minimum absolute atomic E-state index is 0.0610. The fourth-order valence-electron chi connectivity index (χ4n) is 2.00. The van der Waals surface area contributed by atoms with Crippen molar-refractivity contribution in [1.82, 2.24) is 0 Å². The number of Topliss-reactive ketones (excluding diaryl/α,β-unsaturated/α-hetero) is 1. The Bertz CT molecular complexity index is 760. The molecule has 244 valence electrons. The summed E-state index contributed by atoms with van der Waals surface area (Å²) in [5, 5.41) is 0. The average Bonchev–Trinajstić information content (AvgIpc) is 2.77. The highest BCUT2D eigenvalue weighted by Gasteiger charge is 2.03. The van der Waals surface area contributed by atoms with Gasteiger partial charge in [-0.25, -0.2) is 21.6 Å². The second-order valence-electron chi connectivity index (χ2n) is 10.0. The van der Waals surface area contributed by atoms with Crippen molar-refractivity contribution in [2.24, 2.45) is 0 Å². The first-order valence-corrected chi connectivity index (χ1v) is 17.7. The van der Waals surface area contributed by atoms with E-state index in [0.717, 1.165) is 0 Å². The molecule has 0 aliphatic heterocycles. The lowest BCUT2D eigenvalue weighted by Gasteiger charge is -2.05. The molecule has 0 radical (unpaired) electrons. The molecular formula is C27H58O11S2. The minimum Gasteiger partial charge on any atom is -0.464 e. The zero-order valence-electron chi connectivity index (χ0n) is 27.0. The lowest BCUT2D eigenvalue weighted by atomic mass is 10.4. The molecule has 40 heavy (non-hydrogen) atoms. The van der Waals surface area contributed by atoms with Crippen molar-refractivity contribution in [2.75, 3.05) is 57.1 Å². The van der Waals surface area contributed by atoms with E-state index in [0.29, 0.717) is 32.7 Å². The van der Waals surface area contributed by atoms with E-state index in [1.165, 1.54) is 19.4 Å². The Hall–Kier alpha value is -1.12. The van der Waals surface area contributed by atoms with E-state index in [-0.39, 0.29) is 60.9 Å². The molecule has 0 saturated heterocycles. The average molecular weight is 623 g/mol. The first kappa shape index (κ1) is 45.9. The zero-order valence-corrected chi connectivity index (χ0v) is 28.6. The fourth-order valence-corrected chi connectivity index (χ4v) is 3.29. The normalized spacial score (nSPS) is 11.3. The molecule has 0 aliphatic carbocycles. The van der Waals surface area contributed by atoms with Crippen LogP contribution in [0, 0.1) is 0 Å². The molecule has 0 spiro atoms. The molecule has 0 N–H and O–H groups in total. The molecule has 0 saturated carbocycles. The summed E-state index contributed by atoms with van der Waals surface area (Å²) < 4.78 is 67.4. The fraction of sp³-hybridized carbons (Fsp3) is 0.926. The highest BCUT2D eigenvalue weighted by atomic mass is 32.2. The van der Waals surface area contributed by atoms with E-state index in [2.05, 4.69) is 4.74 Å². The summed E-state index contributed by atoms with van der Waals surface area (Å²) in [4.78, 5) is 20.8. The topological polar surface area (TPSA) is 149 Å².